The van der Waals surface area contributed by atoms with Crippen molar-refractivity contribution >= 4 is 38.9 Å². The molecule has 1 aromatic heterocycles. The molecule has 1 N–H and O–H groups in total. The Kier molecular flexibility index (Phi) is 4.20. The van der Waals surface area contributed by atoms with Crippen LogP contribution >= 0.6 is 38.9 Å². The van der Waals surface area contributed by atoms with Crippen molar-refractivity contribution < 1.29 is 4.39 Å². The van der Waals surface area contributed by atoms with Crippen LogP contribution in [0.5, 0.6) is 0 Å². The third kappa shape index (κ3) is 2.88. The van der Waals surface area contributed by atoms with Gasteiger partial charge in [-0.25, -0.2) is 4.39 Å². The van der Waals surface area contributed by atoms with Crippen LogP contribution in [0.1, 0.15) is 16.5 Å². The molecule has 1 unspecified atom stereocenters. The molecular weight excluding hydrogens is 325 g/mol. The molecule has 1 atom stereocenters. The zero-order valence-corrected chi connectivity index (χ0v) is 12.2. The number of hydrogen-bond acceptors (Lipinski definition) is 2. The summed E-state index contributed by atoms with van der Waals surface area (Å²) in [5.74, 6) is -0.252. The maximum absolute atomic E-state index is 13.8. The lowest BCUT2D eigenvalue weighted by Gasteiger charge is -2.16. The monoisotopic (exact) mass is 333 g/mol. The third-order valence-electron chi connectivity index (χ3n) is 2.44. The Labute approximate surface area is 117 Å². The predicted molar refractivity (Wildman–Crippen MR) is 74.3 cm³/mol. The van der Waals surface area contributed by atoms with Gasteiger partial charge in [0.05, 0.1) is 9.83 Å². The van der Waals surface area contributed by atoms with Gasteiger partial charge in [0.1, 0.15) is 5.82 Å². The number of halogens is 3. The van der Waals surface area contributed by atoms with E-state index in [0.717, 1.165) is 8.66 Å². The average molecular weight is 335 g/mol. The van der Waals surface area contributed by atoms with Gasteiger partial charge in [0.25, 0.3) is 0 Å². The average Bonchev–Trinajstić information content (AvgIpc) is 2.71. The van der Waals surface area contributed by atoms with Gasteiger partial charge in [-0.1, -0.05) is 11.6 Å². The highest BCUT2D eigenvalue weighted by Gasteiger charge is 2.18. The summed E-state index contributed by atoms with van der Waals surface area (Å²) in [5, 5.41) is 3.65. The second-order valence-electron chi connectivity index (χ2n) is 3.53. The van der Waals surface area contributed by atoms with E-state index in [0.29, 0.717) is 10.6 Å². The van der Waals surface area contributed by atoms with Gasteiger partial charge < -0.3 is 5.32 Å². The summed E-state index contributed by atoms with van der Waals surface area (Å²) < 4.78 is 14.8. The quantitative estimate of drug-likeness (QED) is 0.864. The van der Waals surface area contributed by atoms with Gasteiger partial charge in [-0.05, 0) is 53.3 Å². The van der Waals surface area contributed by atoms with Crippen LogP contribution in [0.2, 0.25) is 5.02 Å². The lowest BCUT2D eigenvalue weighted by molar-refractivity contribution is 0.579. The molecule has 5 heteroatoms. The molecule has 0 aliphatic carbocycles. The van der Waals surface area contributed by atoms with E-state index < -0.39 is 0 Å². The van der Waals surface area contributed by atoms with Crippen LogP contribution in [-0.4, -0.2) is 7.05 Å². The van der Waals surface area contributed by atoms with Crippen molar-refractivity contribution in [3.63, 3.8) is 0 Å². The van der Waals surface area contributed by atoms with Crippen molar-refractivity contribution in [3.8, 4) is 0 Å². The van der Waals surface area contributed by atoms with Crippen LogP contribution in [0.4, 0.5) is 4.39 Å². The Balaban J connectivity index is 2.45. The Morgan fingerprint density at radius 3 is 2.71 bits per heavy atom. The van der Waals surface area contributed by atoms with E-state index in [-0.39, 0.29) is 11.9 Å². The highest BCUT2D eigenvalue weighted by molar-refractivity contribution is 9.11. The SMILES string of the molecule is CNC(c1ccc(Br)s1)c1cc(Cl)ccc1F. The maximum Gasteiger partial charge on any atom is 0.128 e. The molecule has 1 aromatic carbocycles. The molecule has 0 amide bonds. The molecule has 0 saturated heterocycles. The number of nitrogens with one attached hydrogen (secondary N) is 1. The fourth-order valence-electron chi connectivity index (χ4n) is 1.67. The fourth-order valence-corrected chi connectivity index (χ4v) is 3.40. The van der Waals surface area contributed by atoms with E-state index >= 15 is 0 Å². The standard InChI is InChI=1S/C12H10BrClFNS/c1-16-12(10-4-5-11(13)17-10)8-6-7(14)2-3-9(8)15/h2-6,12,16H,1H3. The fraction of sp³-hybridized carbons (Fsp3) is 0.167. The molecule has 0 aliphatic rings. The molecule has 0 fully saturated rings. The first kappa shape index (κ1) is 13.0. The molecule has 2 aromatic rings. The molecule has 0 aliphatic heterocycles. The normalized spacial score (nSPS) is 12.7. The predicted octanol–water partition coefficient (Wildman–Crippen LogP) is 4.61. The van der Waals surface area contributed by atoms with Gasteiger partial charge in [0.15, 0.2) is 0 Å². The van der Waals surface area contributed by atoms with Crippen LogP contribution < -0.4 is 5.32 Å². The van der Waals surface area contributed by atoms with Gasteiger partial charge >= 0.3 is 0 Å². The van der Waals surface area contributed by atoms with Gasteiger partial charge in [-0.15, -0.1) is 11.3 Å². The molecule has 0 bridgehead atoms. The maximum atomic E-state index is 13.8. The molecule has 1 heterocycles. The van der Waals surface area contributed by atoms with Crippen LogP contribution in [0.3, 0.4) is 0 Å². The molecule has 0 radical (unpaired) electrons. The van der Waals surface area contributed by atoms with E-state index in [4.69, 9.17) is 11.6 Å². The van der Waals surface area contributed by atoms with Crippen molar-refractivity contribution in [1.29, 1.82) is 0 Å². The molecular formula is C12H10BrClFNS. The zero-order chi connectivity index (χ0) is 12.4. The van der Waals surface area contributed by atoms with Gasteiger partial charge in [-0.2, -0.15) is 0 Å². The Hall–Kier alpha value is -0.420. The lowest BCUT2D eigenvalue weighted by Crippen LogP contribution is -2.17. The minimum absolute atomic E-state index is 0.176. The summed E-state index contributed by atoms with van der Waals surface area (Å²) in [4.78, 5) is 1.04. The molecule has 1 nitrogen and oxygen atoms in total. The summed E-state index contributed by atoms with van der Waals surface area (Å²) >= 11 is 10.9. The summed E-state index contributed by atoms with van der Waals surface area (Å²) in [6.07, 6.45) is 0. The summed E-state index contributed by atoms with van der Waals surface area (Å²) in [5.41, 5.74) is 0.564. The number of benzene rings is 1. The van der Waals surface area contributed by atoms with E-state index in [2.05, 4.69) is 21.2 Å². The molecule has 2 rings (SSSR count). The lowest BCUT2D eigenvalue weighted by atomic mass is 10.1. The number of thiophene rings is 1. The Morgan fingerprint density at radius 2 is 2.12 bits per heavy atom. The van der Waals surface area contributed by atoms with Crippen molar-refractivity contribution in [2.75, 3.05) is 7.05 Å². The van der Waals surface area contributed by atoms with E-state index in [9.17, 15) is 4.39 Å². The van der Waals surface area contributed by atoms with Crippen molar-refractivity contribution in [2.45, 2.75) is 6.04 Å². The Morgan fingerprint density at radius 1 is 1.35 bits per heavy atom. The van der Waals surface area contributed by atoms with Crippen LogP contribution in [0.15, 0.2) is 34.1 Å². The van der Waals surface area contributed by atoms with Crippen molar-refractivity contribution in [3.05, 3.63) is 55.4 Å². The molecule has 0 saturated carbocycles. The van der Waals surface area contributed by atoms with Crippen LogP contribution in [0, 0.1) is 5.82 Å². The highest BCUT2D eigenvalue weighted by atomic mass is 79.9. The summed E-state index contributed by atoms with van der Waals surface area (Å²) in [7, 11) is 1.80. The zero-order valence-electron chi connectivity index (χ0n) is 9.01. The summed E-state index contributed by atoms with van der Waals surface area (Å²) in [6.45, 7) is 0. The van der Waals surface area contributed by atoms with Crippen molar-refractivity contribution in [2.24, 2.45) is 0 Å². The van der Waals surface area contributed by atoms with Gasteiger partial charge in [-0.3, -0.25) is 0 Å². The molecule has 0 spiro atoms. The van der Waals surface area contributed by atoms with E-state index in [1.54, 1.807) is 30.5 Å². The minimum Gasteiger partial charge on any atom is -0.309 e. The topological polar surface area (TPSA) is 12.0 Å². The first-order valence-corrected chi connectivity index (χ1v) is 6.98. The third-order valence-corrected chi connectivity index (χ3v) is 4.36. The largest absolute Gasteiger partial charge is 0.309 e. The molecule has 17 heavy (non-hydrogen) atoms. The summed E-state index contributed by atoms with van der Waals surface area (Å²) in [6, 6.07) is 8.35. The first-order valence-electron chi connectivity index (χ1n) is 4.99. The number of rotatable bonds is 3. The number of hydrogen-bond donors (Lipinski definition) is 1. The second-order valence-corrected chi connectivity index (χ2v) is 6.46. The Bertz CT molecular complexity index is 529. The first-order chi connectivity index (χ1) is 8.11. The molecule has 90 valence electrons. The van der Waals surface area contributed by atoms with Gasteiger partial charge in [0, 0.05) is 15.5 Å². The second kappa shape index (κ2) is 5.48. The van der Waals surface area contributed by atoms with Crippen LogP contribution in [-0.2, 0) is 0 Å². The van der Waals surface area contributed by atoms with E-state index in [1.807, 2.05) is 12.1 Å². The highest BCUT2D eigenvalue weighted by Crippen LogP contribution is 2.33. The van der Waals surface area contributed by atoms with Crippen molar-refractivity contribution in [1.82, 2.24) is 5.32 Å². The smallest absolute Gasteiger partial charge is 0.128 e. The van der Waals surface area contributed by atoms with Crippen LogP contribution in [0.25, 0.3) is 0 Å². The minimum atomic E-state index is -0.252. The van der Waals surface area contributed by atoms with Gasteiger partial charge in [0.2, 0.25) is 0 Å². The van der Waals surface area contributed by atoms with E-state index in [1.165, 1.54) is 6.07 Å².